The van der Waals surface area contributed by atoms with Crippen LogP contribution in [0.5, 0.6) is 0 Å². The molecule has 0 spiro atoms. The standard InChI is InChI=1S/C20H29N3O3/c1-14(2)21-19(25)20(26)23-11-9-22(10-12-23)18(24)8-7-17-6-5-15(3)13-16(17)4/h5-6,13-14H,7-12H2,1-4H3,(H,21,25). The normalized spacial score (nSPS) is 14.5. The van der Waals surface area contributed by atoms with Crippen LogP contribution in [0.4, 0.5) is 0 Å². The van der Waals surface area contributed by atoms with Crippen molar-refractivity contribution in [2.24, 2.45) is 0 Å². The van der Waals surface area contributed by atoms with Crippen LogP contribution >= 0.6 is 0 Å². The van der Waals surface area contributed by atoms with E-state index in [9.17, 15) is 14.4 Å². The van der Waals surface area contributed by atoms with Gasteiger partial charge in [-0.2, -0.15) is 0 Å². The minimum absolute atomic E-state index is 0.0699. The Morgan fingerprint density at radius 3 is 2.23 bits per heavy atom. The van der Waals surface area contributed by atoms with Crippen molar-refractivity contribution in [2.75, 3.05) is 26.2 Å². The third-order valence-electron chi connectivity index (χ3n) is 4.64. The lowest BCUT2D eigenvalue weighted by Crippen LogP contribution is -2.54. The Labute approximate surface area is 155 Å². The number of carbonyl (C=O) groups excluding carboxylic acids is 3. The molecule has 1 aliphatic heterocycles. The molecule has 1 N–H and O–H groups in total. The van der Waals surface area contributed by atoms with Gasteiger partial charge >= 0.3 is 11.8 Å². The summed E-state index contributed by atoms with van der Waals surface area (Å²) in [6.45, 7) is 9.52. The lowest BCUT2D eigenvalue weighted by Gasteiger charge is -2.34. The Bertz CT molecular complexity index is 677. The van der Waals surface area contributed by atoms with Crippen molar-refractivity contribution in [3.05, 3.63) is 34.9 Å². The molecule has 0 bridgehead atoms. The van der Waals surface area contributed by atoms with Gasteiger partial charge in [0.15, 0.2) is 0 Å². The van der Waals surface area contributed by atoms with Gasteiger partial charge in [-0.3, -0.25) is 14.4 Å². The van der Waals surface area contributed by atoms with Crippen LogP contribution in [-0.2, 0) is 20.8 Å². The molecule has 1 fully saturated rings. The summed E-state index contributed by atoms with van der Waals surface area (Å²) in [6.07, 6.45) is 1.19. The van der Waals surface area contributed by atoms with E-state index in [1.165, 1.54) is 21.6 Å². The lowest BCUT2D eigenvalue weighted by molar-refractivity contribution is -0.148. The van der Waals surface area contributed by atoms with E-state index in [1.54, 1.807) is 4.90 Å². The molecular formula is C20H29N3O3. The van der Waals surface area contributed by atoms with Crippen molar-refractivity contribution in [2.45, 2.75) is 46.6 Å². The van der Waals surface area contributed by atoms with Crippen LogP contribution in [0.1, 0.15) is 37.0 Å². The average molecular weight is 359 g/mol. The monoisotopic (exact) mass is 359 g/mol. The Hall–Kier alpha value is -2.37. The number of carbonyl (C=O) groups is 3. The Morgan fingerprint density at radius 2 is 1.65 bits per heavy atom. The summed E-state index contributed by atoms with van der Waals surface area (Å²) < 4.78 is 0. The second-order valence-corrected chi connectivity index (χ2v) is 7.23. The first-order valence-electron chi connectivity index (χ1n) is 9.21. The maximum absolute atomic E-state index is 12.4. The van der Waals surface area contributed by atoms with E-state index in [4.69, 9.17) is 0 Å². The van der Waals surface area contributed by atoms with Crippen molar-refractivity contribution in [1.82, 2.24) is 15.1 Å². The van der Waals surface area contributed by atoms with Crippen LogP contribution in [0.15, 0.2) is 18.2 Å². The molecule has 26 heavy (non-hydrogen) atoms. The smallest absolute Gasteiger partial charge is 0.312 e. The van der Waals surface area contributed by atoms with Crippen LogP contribution < -0.4 is 5.32 Å². The number of benzene rings is 1. The van der Waals surface area contributed by atoms with Gasteiger partial charge in [0.1, 0.15) is 0 Å². The molecule has 0 aliphatic carbocycles. The van der Waals surface area contributed by atoms with Crippen LogP contribution in [0, 0.1) is 13.8 Å². The summed E-state index contributed by atoms with van der Waals surface area (Å²) in [4.78, 5) is 39.7. The number of nitrogens with zero attached hydrogens (tertiary/aromatic N) is 2. The quantitative estimate of drug-likeness (QED) is 0.827. The molecule has 0 aromatic heterocycles. The first-order valence-corrected chi connectivity index (χ1v) is 9.21. The summed E-state index contributed by atoms with van der Waals surface area (Å²) in [7, 11) is 0. The molecule has 142 valence electrons. The van der Waals surface area contributed by atoms with Gasteiger partial charge in [0.05, 0.1) is 0 Å². The van der Waals surface area contributed by atoms with Gasteiger partial charge < -0.3 is 15.1 Å². The number of piperazine rings is 1. The summed E-state index contributed by atoms with van der Waals surface area (Å²) in [5, 5.41) is 2.61. The topological polar surface area (TPSA) is 69.7 Å². The number of hydrogen-bond donors (Lipinski definition) is 1. The summed E-state index contributed by atoms with van der Waals surface area (Å²) in [6, 6.07) is 6.22. The molecule has 3 amide bonds. The van der Waals surface area contributed by atoms with Crippen LogP contribution in [0.25, 0.3) is 0 Å². The maximum Gasteiger partial charge on any atom is 0.312 e. The van der Waals surface area contributed by atoms with Crippen molar-refractivity contribution in [3.63, 3.8) is 0 Å². The molecule has 0 radical (unpaired) electrons. The number of amides is 3. The Balaban J connectivity index is 1.80. The van der Waals surface area contributed by atoms with Gasteiger partial charge in [0, 0.05) is 38.6 Å². The molecule has 1 saturated heterocycles. The number of rotatable bonds is 4. The van der Waals surface area contributed by atoms with E-state index in [1.807, 2.05) is 13.8 Å². The average Bonchev–Trinajstić information content (AvgIpc) is 2.59. The largest absolute Gasteiger partial charge is 0.346 e. The number of hydrogen-bond acceptors (Lipinski definition) is 3. The van der Waals surface area contributed by atoms with Crippen molar-refractivity contribution in [3.8, 4) is 0 Å². The SMILES string of the molecule is Cc1ccc(CCC(=O)N2CCN(C(=O)C(=O)NC(C)C)CC2)c(C)c1. The molecule has 0 unspecified atom stereocenters. The Kier molecular flexibility index (Phi) is 6.77. The highest BCUT2D eigenvalue weighted by Gasteiger charge is 2.27. The van der Waals surface area contributed by atoms with Crippen LogP contribution in [0.2, 0.25) is 0 Å². The van der Waals surface area contributed by atoms with Gasteiger partial charge in [0.2, 0.25) is 5.91 Å². The zero-order valence-corrected chi connectivity index (χ0v) is 16.2. The minimum atomic E-state index is -0.574. The van der Waals surface area contributed by atoms with E-state index in [0.29, 0.717) is 32.6 Å². The molecule has 2 rings (SSSR count). The second kappa shape index (κ2) is 8.83. The third kappa shape index (κ3) is 5.31. The zero-order chi connectivity index (χ0) is 19.3. The van der Waals surface area contributed by atoms with Gasteiger partial charge in [-0.15, -0.1) is 0 Å². The fraction of sp³-hybridized carbons (Fsp3) is 0.550. The molecule has 6 nitrogen and oxygen atoms in total. The van der Waals surface area contributed by atoms with E-state index in [2.05, 4.69) is 37.4 Å². The van der Waals surface area contributed by atoms with Crippen LogP contribution in [0.3, 0.4) is 0 Å². The molecule has 0 atom stereocenters. The second-order valence-electron chi connectivity index (χ2n) is 7.23. The first-order chi connectivity index (χ1) is 12.3. The summed E-state index contributed by atoms with van der Waals surface area (Å²) in [5.41, 5.74) is 3.63. The Morgan fingerprint density at radius 1 is 1.04 bits per heavy atom. The van der Waals surface area contributed by atoms with E-state index in [0.717, 1.165) is 6.42 Å². The van der Waals surface area contributed by atoms with Gasteiger partial charge in [-0.25, -0.2) is 0 Å². The highest BCUT2D eigenvalue weighted by Crippen LogP contribution is 2.14. The zero-order valence-electron chi connectivity index (χ0n) is 16.2. The van der Waals surface area contributed by atoms with E-state index in [-0.39, 0.29) is 11.9 Å². The molecule has 1 aromatic carbocycles. The van der Waals surface area contributed by atoms with Gasteiger partial charge in [0.25, 0.3) is 0 Å². The highest BCUT2D eigenvalue weighted by atomic mass is 16.2. The predicted octanol–water partition coefficient (Wildman–Crippen LogP) is 1.43. The summed E-state index contributed by atoms with van der Waals surface area (Å²) >= 11 is 0. The van der Waals surface area contributed by atoms with E-state index >= 15 is 0 Å². The highest BCUT2D eigenvalue weighted by molar-refractivity contribution is 6.35. The molecule has 1 heterocycles. The van der Waals surface area contributed by atoms with Crippen molar-refractivity contribution >= 4 is 17.7 Å². The number of aryl methyl sites for hydroxylation is 3. The van der Waals surface area contributed by atoms with Crippen molar-refractivity contribution in [1.29, 1.82) is 0 Å². The number of nitrogens with one attached hydrogen (secondary N) is 1. The third-order valence-corrected chi connectivity index (χ3v) is 4.64. The molecule has 6 heteroatoms. The fourth-order valence-corrected chi connectivity index (χ4v) is 3.15. The van der Waals surface area contributed by atoms with Crippen molar-refractivity contribution < 1.29 is 14.4 Å². The summed E-state index contributed by atoms with van der Waals surface area (Å²) in [5.74, 6) is -0.987. The maximum atomic E-state index is 12.4. The molecule has 1 aliphatic rings. The molecule has 1 aromatic rings. The van der Waals surface area contributed by atoms with E-state index < -0.39 is 11.8 Å². The predicted molar refractivity (Wildman–Crippen MR) is 101 cm³/mol. The molecular weight excluding hydrogens is 330 g/mol. The van der Waals surface area contributed by atoms with Gasteiger partial charge in [-0.1, -0.05) is 23.8 Å². The van der Waals surface area contributed by atoms with Gasteiger partial charge in [-0.05, 0) is 45.2 Å². The minimum Gasteiger partial charge on any atom is -0.346 e. The first kappa shape index (κ1) is 19.9. The van der Waals surface area contributed by atoms with Crippen LogP contribution in [-0.4, -0.2) is 59.7 Å². The lowest BCUT2D eigenvalue weighted by atomic mass is 10.0. The molecule has 0 saturated carbocycles. The fourth-order valence-electron chi connectivity index (χ4n) is 3.15.